The van der Waals surface area contributed by atoms with Gasteiger partial charge in [-0.3, -0.25) is 4.79 Å². The summed E-state index contributed by atoms with van der Waals surface area (Å²) in [5.41, 5.74) is 2.14. The van der Waals surface area contributed by atoms with Crippen molar-refractivity contribution in [3.05, 3.63) is 57.5 Å². The Kier molecular flexibility index (Phi) is 5.49. The Morgan fingerprint density at radius 1 is 1.23 bits per heavy atom. The van der Waals surface area contributed by atoms with E-state index in [0.717, 1.165) is 41.7 Å². The van der Waals surface area contributed by atoms with Crippen LogP contribution in [0.2, 0.25) is 0 Å². The number of esters is 1. The highest BCUT2D eigenvalue weighted by atomic mass is 32.1. The maximum Gasteiger partial charge on any atom is 0.341 e. The largest absolute Gasteiger partial charge is 0.465 e. The highest BCUT2D eigenvalue weighted by Gasteiger charge is 2.27. The fraction of sp³-hybridized carbons (Fsp3) is 0.250. The van der Waals surface area contributed by atoms with Gasteiger partial charge in [0.25, 0.3) is 5.91 Å². The van der Waals surface area contributed by atoms with Gasteiger partial charge in [-0.05, 0) is 42.9 Å². The molecule has 0 bridgehead atoms. The lowest BCUT2D eigenvalue weighted by Gasteiger charge is -2.11. The van der Waals surface area contributed by atoms with Crippen molar-refractivity contribution in [2.45, 2.75) is 25.7 Å². The van der Waals surface area contributed by atoms with Gasteiger partial charge in [0.1, 0.15) is 16.6 Å². The van der Waals surface area contributed by atoms with E-state index in [9.17, 15) is 14.9 Å². The molecular weight excluding hydrogens is 348 g/mol. The van der Waals surface area contributed by atoms with Crippen molar-refractivity contribution in [2.75, 3.05) is 12.4 Å². The molecule has 0 atom stereocenters. The van der Waals surface area contributed by atoms with E-state index in [2.05, 4.69) is 5.32 Å². The van der Waals surface area contributed by atoms with Gasteiger partial charge in [-0.1, -0.05) is 30.3 Å². The summed E-state index contributed by atoms with van der Waals surface area (Å²) in [4.78, 5) is 25.9. The van der Waals surface area contributed by atoms with Crippen LogP contribution in [0.1, 0.15) is 39.2 Å². The molecule has 1 amide bonds. The molecule has 132 valence electrons. The lowest BCUT2D eigenvalue weighted by atomic mass is 9.95. The summed E-state index contributed by atoms with van der Waals surface area (Å²) < 4.78 is 4.90. The summed E-state index contributed by atoms with van der Waals surface area (Å²) in [7, 11) is 1.33. The van der Waals surface area contributed by atoms with Crippen LogP contribution in [0.4, 0.5) is 5.00 Å². The molecule has 26 heavy (non-hydrogen) atoms. The number of nitrogens with one attached hydrogen (secondary N) is 1. The molecule has 3 rings (SSSR count). The minimum atomic E-state index is -0.528. The van der Waals surface area contributed by atoms with Gasteiger partial charge in [0.05, 0.1) is 12.7 Å². The Morgan fingerprint density at radius 3 is 2.65 bits per heavy atom. The van der Waals surface area contributed by atoms with E-state index in [0.29, 0.717) is 10.6 Å². The number of benzene rings is 1. The fourth-order valence-corrected chi connectivity index (χ4v) is 4.28. The van der Waals surface area contributed by atoms with Crippen LogP contribution >= 0.6 is 11.3 Å². The Bertz CT molecular complexity index is 907. The molecule has 1 aromatic heterocycles. The number of amides is 1. The van der Waals surface area contributed by atoms with Gasteiger partial charge in [-0.2, -0.15) is 5.26 Å². The number of rotatable bonds is 4. The quantitative estimate of drug-likeness (QED) is 0.505. The Hall–Kier alpha value is -2.91. The van der Waals surface area contributed by atoms with E-state index in [1.165, 1.54) is 24.5 Å². The van der Waals surface area contributed by atoms with Crippen molar-refractivity contribution in [2.24, 2.45) is 0 Å². The van der Waals surface area contributed by atoms with Gasteiger partial charge in [0, 0.05) is 4.88 Å². The molecule has 0 saturated carbocycles. The first-order valence-corrected chi connectivity index (χ1v) is 9.16. The molecule has 0 saturated heterocycles. The number of ether oxygens (including phenoxy) is 1. The van der Waals surface area contributed by atoms with Crippen molar-refractivity contribution in [1.82, 2.24) is 0 Å². The van der Waals surface area contributed by atoms with Crippen molar-refractivity contribution in [3.63, 3.8) is 0 Å². The minimum Gasteiger partial charge on any atom is -0.465 e. The zero-order chi connectivity index (χ0) is 18.5. The van der Waals surface area contributed by atoms with Crippen molar-refractivity contribution < 1.29 is 14.3 Å². The zero-order valence-corrected chi connectivity index (χ0v) is 15.2. The SMILES string of the molecule is COC(=O)c1c(NC(=O)C(C#N)=Cc2ccccc2)sc2c1CCCC2. The average molecular weight is 366 g/mol. The number of carbonyl (C=O) groups is 2. The maximum atomic E-state index is 12.6. The molecule has 1 aliphatic carbocycles. The van der Waals surface area contributed by atoms with E-state index in [1.807, 2.05) is 36.4 Å². The van der Waals surface area contributed by atoms with Gasteiger partial charge in [0.15, 0.2) is 0 Å². The lowest BCUT2D eigenvalue weighted by Crippen LogP contribution is -2.16. The third kappa shape index (κ3) is 3.68. The summed E-state index contributed by atoms with van der Waals surface area (Å²) in [6.07, 6.45) is 5.31. The summed E-state index contributed by atoms with van der Waals surface area (Å²) in [6, 6.07) is 11.1. The van der Waals surface area contributed by atoms with Crippen LogP contribution in [0.25, 0.3) is 6.08 Å². The summed E-state index contributed by atoms with van der Waals surface area (Å²) in [5, 5.41) is 12.6. The van der Waals surface area contributed by atoms with Gasteiger partial charge in [-0.25, -0.2) is 4.79 Å². The van der Waals surface area contributed by atoms with Gasteiger partial charge < -0.3 is 10.1 Å². The van der Waals surface area contributed by atoms with E-state index in [4.69, 9.17) is 4.74 Å². The van der Waals surface area contributed by atoms with Crippen LogP contribution in [-0.2, 0) is 22.4 Å². The van der Waals surface area contributed by atoms with Crippen LogP contribution < -0.4 is 5.32 Å². The van der Waals surface area contributed by atoms with Gasteiger partial charge in [0.2, 0.25) is 0 Å². The Labute approximate surface area is 155 Å². The lowest BCUT2D eigenvalue weighted by molar-refractivity contribution is -0.112. The second kappa shape index (κ2) is 7.98. The topological polar surface area (TPSA) is 79.2 Å². The number of hydrogen-bond acceptors (Lipinski definition) is 5. The van der Waals surface area contributed by atoms with Crippen LogP contribution in [0.5, 0.6) is 0 Å². The zero-order valence-electron chi connectivity index (χ0n) is 14.4. The number of thiophene rings is 1. The van der Waals surface area contributed by atoms with E-state index < -0.39 is 11.9 Å². The maximum absolute atomic E-state index is 12.6. The van der Waals surface area contributed by atoms with Crippen LogP contribution in [-0.4, -0.2) is 19.0 Å². The van der Waals surface area contributed by atoms with E-state index in [1.54, 1.807) is 0 Å². The first-order chi connectivity index (χ1) is 12.6. The molecule has 1 N–H and O–H groups in total. The summed E-state index contributed by atoms with van der Waals surface area (Å²) >= 11 is 1.40. The standard InChI is InChI=1S/C20H18N2O3S/c1-25-20(24)17-15-9-5-6-10-16(15)26-19(17)22-18(23)14(12-21)11-13-7-3-2-4-8-13/h2-4,7-8,11H,5-6,9-10H2,1H3,(H,22,23). The molecule has 6 heteroatoms. The number of hydrogen-bond donors (Lipinski definition) is 1. The highest BCUT2D eigenvalue weighted by molar-refractivity contribution is 7.17. The van der Waals surface area contributed by atoms with Crippen molar-refractivity contribution in [3.8, 4) is 6.07 Å². The third-order valence-electron chi connectivity index (χ3n) is 4.26. The van der Waals surface area contributed by atoms with Gasteiger partial charge in [-0.15, -0.1) is 11.3 Å². The van der Waals surface area contributed by atoms with Gasteiger partial charge >= 0.3 is 5.97 Å². The molecule has 0 unspecified atom stereocenters. The number of nitriles is 1. The average Bonchev–Trinajstić information content (AvgIpc) is 3.04. The number of fused-ring (bicyclic) bond motifs is 1. The number of anilines is 1. The molecular formula is C20H18N2O3S. The van der Waals surface area contributed by atoms with Crippen LogP contribution in [0.15, 0.2) is 35.9 Å². The molecule has 0 spiro atoms. The molecule has 0 fully saturated rings. The number of methoxy groups -OCH3 is 1. The first kappa shape index (κ1) is 17.9. The summed E-state index contributed by atoms with van der Waals surface area (Å²) in [6.45, 7) is 0. The van der Waals surface area contributed by atoms with Crippen LogP contribution in [0, 0.1) is 11.3 Å². The first-order valence-electron chi connectivity index (χ1n) is 8.35. The highest BCUT2D eigenvalue weighted by Crippen LogP contribution is 2.38. The Balaban J connectivity index is 1.91. The molecule has 5 nitrogen and oxygen atoms in total. The van der Waals surface area contributed by atoms with E-state index >= 15 is 0 Å². The molecule has 1 aliphatic rings. The monoisotopic (exact) mass is 366 g/mol. The number of aryl methyl sites for hydroxylation is 1. The predicted octanol–water partition coefficient (Wildman–Crippen LogP) is 3.96. The normalized spacial score (nSPS) is 13.5. The van der Waals surface area contributed by atoms with Crippen molar-refractivity contribution in [1.29, 1.82) is 5.26 Å². The van der Waals surface area contributed by atoms with Crippen LogP contribution in [0.3, 0.4) is 0 Å². The summed E-state index contributed by atoms with van der Waals surface area (Å²) in [5.74, 6) is -0.981. The second-order valence-corrected chi connectivity index (χ2v) is 7.05. The molecule has 1 heterocycles. The fourth-order valence-electron chi connectivity index (χ4n) is 3.01. The second-order valence-electron chi connectivity index (χ2n) is 5.94. The molecule has 2 aromatic rings. The number of nitrogens with zero attached hydrogens (tertiary/aromatic N) is 1. The third-order valence-corrected chi connectivity index (χ3v) is 5.47. The Morgan fingerprint density at radius 2 is 1.96 bits per heavy atom. The molecule has 0 radical (unpaired) electrons. The molecule has 0 aliphatic heterocycles. The smallest absolute Gasteiger partial charge is 0.341 e. The van der Waals surface area contributed by atoms with Crippen molar-refractivity contribution >= 4 is 34.3 Å². The number of carbonyl (C=O) groups excluding carboxylic acids is 2. The minimum absolute atomic E-state index is 0.0154. The predicted molar refractivity (Wildman–Crippen MR) is 101 cm³/mol. The van der Waals surface area contributed by atoms with E-state index in [-0.39, 0.29) is 5.57 Å². The molecule has 1 aromatic carbocycles.